The lowest BCUT2D eigenvalue weighted by molar-refractivity contribution is -0.121. The Labute approximate surface area is 110 Å². The lowest BCUT2D eigenvalue weighted by Gasteiger charge is -2.07. The summed E-state index contributed by atoms with van der Waals surface area (Å²) in [5.41, 5.74) is 0.991. The Hall–Kier alpha value is -2.43. The summed E-state index contributed by atoms with van der Waals surface area (Å²) < 4.78 is 12.4. The van der Waals surface area contributed by atoms with Crippen molar-refractivity contribution < 1.29 is 14.3 Å². The highest BCUT2D eigenvalue weighted by atomic mass is 16.7. The van der Waals surface area contributed by atoms with E-state index in [0.29, 0.717) is 13.1 Å². The number of benzene rings is 1. The quantitative estimate of drug-likeness (QED) is 0.905. The number of nitrogens with one attached hydrogen (secondary N) is 1. The third-order valence-corrected chi connectivity index (χ3v) is 2.92. The van der Waals surface area contributed by atoms with Gasteiger partial charge in [0.15, 0.2) is 11.5 Å². The molecular weight excluding hydrogens is 244 g/mol. The highest BCUT2D eigenvalue weighted by Crippen LogP contribution is 2.32. The van der Waals surface area contributed by atoms with Crippen molar-refractivity contribution in [2.24, 2.45) is 0 Å². The van der Waals surface area contributed by atoms with Crippen LogP contribution in [0.4, 0.5) is 0 Å². The van der Waals surface area contributed by atoms with Gasteiger partial charge in [-0.25, -0.2) is 0 Å². The molecule has 1 aromatic heterocycles. The number of ether oxygens (including phenoxy) is 2. The number of fused-ring (bicyclic) bond motifs is 1. The maximum Gasteiger partial charge on any atom is 0.240 e. The fourth-order valence-corrected chi connectivity index (χ4v) is 1.95. The second-order valence-corrected chi connectivity index (χ2v) is 4.32. The summed E-state index contributed by atoms with van der Waals surface area (Å²) in [5.74, 6) is 1.47. The first-order chi connectivity index (χ1) is 9.31. The molecule has 1 N–H and O–H groups in total. The van der Waals surface area contributed by atoms with E-state index in [1.54, 1.807) is 0 Å². The summed E-state index contributed by atoms with van der Waals surface area (Å²) in [6.45, 7) is 1.08. The summed E-state index contributed by atoms with van der Waals surface area (Å²) in [6.07, 6.45) is 3.72. The molecule has 0 unspecified atom stereocenters. The molecule has 1 aliphatic heterocycles. The minimum absolute atomic E-state index is 0.0196. The number of carbonyl (C=O) groups is 1. The first-order valence-electron chi connectivity index (χ1n) is 6.07. The first-order valence-corrected chi connectivity index (χ1v) is 6.07. The normalized spacial score (nSPS) is 12.4. The Morgan fingerprint density at radius 3 is 2.84 bits per heavy atom. The number of carbonyl (C=O) groups excluding carboxylic acids is 1. The van der Waals surface area contributed by atoms with E-state index in [0.717, 1.165) is 17.1 Å². The van der Waals surface area contributed by atoms with E-state index in [-0.39, 0.29) is 12.7 Å². The summed E-state index contributed by atoms with van der Waals surface area (Å²) in [6, 6.07) is 9.45. The summed E-state index contributed by atoms with van der Waals surface area (Å²) in [7, 11) is 0. The molecule has 0 saturated carbocycles. The van der Waals surface area contributed by atoms with Crippen molar-refractivity contribution in [3.63, 3.8) is 0 Å². The van der Waals surface area contributed by atoms with E-state index in [4.69, 9.17) is 9.47 Å². The van der Waals surface area contributed by atoms with E-state index in [9.17, 15) is 4.79 Å². The van der Waals surface area contributed by atoms with E-state index >= 15 is 0 Å². The van der Waals surface area contributed by atoms with Gasteiger partial charge in [-0.3, -0.25) is 4.79 Å². The van der Waals surface area contributed by atoms with Gasteiger partial charge in [-0.1, -0.05) is 6.07 Å². The van der Waals surface area contributed by atoms with Crippen LogP contribution < -0.4 is 14.8 Å². The highest BCUT2D eigenvalue weighted by Gasteiger charge is 2.13. The molecule has 3 rings (SSSR count). The van der Waals surface area contributed by atoms with Crippen LogP contribution in [0.5, 0.6) is 11.5 Å². The largest absolute Gasteiger partial charge is 0.454 e. The van der Waals surface area contributed by atoms with Gasteiger partial charge in [0.2, 0.25) is 12.7 Å². The molecule has 19 heavy (non-hydrogen) atoms. The smallest absolute Gasteiger partial charge is 0.240 e. The zero-order valence-corrected chi connectivity index (χ0v) is 10.3. The van der Waals surface area contributed by atoms with Gasteiger partial charge in [0.05, 0.1) is 0 Å². The van der Waals surface area contributed by atoms with Gasteiger partial charge in [0.1, 0.15) is 6.54 Å². The molecule has 1 amide bonds. The van der Waals surface area contributed by atoms with Crippen molar-refractivity contribution in [3.8, 4) is 11.5 Å². The molecule has 0 fully saturated rings. The Morgan fingerprint density at radius 1 is 1.21 bits per heavy atom. The van der Waals surface area contributed by atoms with Crippen LogP contribution in [0.25, 0.3) is 0 Å². The Kier molecular flexibility index (Phi) is 3.10. The molecule has 2 heterocycles. The van der Waals surface area contributed by atoms with E-state index in [1.807, 2.05) is 47.3 Å². The second kappa shape index (κ2) is 5.06. The van der Waals surface area contributed by atoms with Crippen LogP contribution in [0.2, 0.25) is 0 Å². The molecule has 1 aliphatic rings. The van der Waals surface area contributed by atoms with Gasteiger partial charge in [-0.05, 0) is 29.8 Å². The standard InChI is InChI=1S/C14H14N2O3/c17-14(9-16-5-1-2-6-16)15-8-11-3-4-12-13(7-11)19-10-18-12/h1-7H,8-10H2,(H,15,17). The topological polar surface area (TPSA) is 52.5 Å². The van der Waals surface area contributed by atoms with Crippen LogP contribution in [0, 0.1) is 0 Å². The van der Waals surface area contributed by atoms with Gasteiger partial charge in [-0.2, -0.15) is 0 Å². The highest BCUT2D eigenvalue weighted by molar-refractivity contribution is 5.75. The van der Waals surface area contributed by atoms with Gasteiger partial charge < -0.3 is 19.4 Å². The molecule has 0 aliphatic carbocycles. The Morgan fingerprint density at radius 2 is 2.00 bits per heavy atom. The first kappa shape index (κ1) is 11.6. The number of amides is 1. The minimum Gasteiger partial charge on any atom is -0.454 e. The zero-order chi connectivity index (χ0) is 13.1. The van der Waals surface area contributed by atoms with Crippen molar-refractivity contribution >= 4 is 5.91 Å². The molecule has 0 bridgehead atoms. The molecule has 5 heteroatoms. The lowest BCUT2D eigenvalue weighted by Crippen LogP contribution is -2.26. The van der Waals surface area contributed by atoms with Gasteiger partial charge in [0, 0.05) is 18.9 Å². The van der Waals surface area contributed by atoms with Crippen LogP contribution in [0.15, 0.2) is 42.7 Å². The summed E-state index contributed by atoms with van der Waals surface area (Å²) in [4.78, 5) is 11.7. The molecule has 0 radical (unpaired) electrons. The fourth-order valence-electron chi connectivity index (χ4n) is 1.95. The van der Waals surface area contributed by atoms with Crippen molar-refractivity contribution in [3.05, 3.63) is 48.3 Å². The van der Waals surface area contributed by atoms with Gasteiger partial charge in [-0.15, -0.1) is 0 Å². The fraction of sp³-hybridized carbons (Fsp3) is 0.214. The number of hydrogen-bond donors (Lipinski definition) is 1. The third-order valence-electron chi connectivity index (χ3n) is 2.92. The van der Waals surface area contributed by atoms with Gasteiger partial charge in [0.25, 0.3) is 0 Å². The molecule has 0 atom stereocenters. The van der Waals surface area contributed by atoms with E-state index < -0.39 is 0 Å². The second-order valence-electron chi connectivity index (χ2n) is 4.32. The number of aromatic nitrogens is 1. The molecule has 0 saturated heterocycles. The third kappa shape index (κ3) is 2.70. The number of rotatable bonds is 4. The zero-order valence-electron chi connectivity index (χ0n) is 10.3. The van der Waals surface area contributed by atoms with Crippen molar-refractivity contribution in [2.75, 3.05) is 6.79 Å². The molecule has 2 aromatic rings. The van der Waals surface area contributed by atoms with Crippen LogP contribution in [-0.2, 0) is 17.9 Å². The lowest BCUT2D eigenvalue weighted by atomic mass is 10.2. The molecule has 0 spiro atoms. The molecular formula is C14H14N2O3. The Bertz CT molecular complexity index is 578. The van der Waals surface area contributed by atoms with Crippen molar-refractivity contribution in [2.45, 2.75) is 13.1 Å². The van der Waals surface area contributed by atoms with Gasteiger partial charge >= 0.3 is 0 Å². The van der Waals surface area contributed by atoms with Crippen LogP contribution in [-0.4, -0.2) is 17.3 Å². The van der Waals surface area contributed by atoms with Crippen LogP contribution >= 0.6 is 0 Å². The molecule has 98 valence electrons. The maximum atomic E-state index is 11.7. The average molecular weight is 258 g/mol. The molecule has 5 nitrogen and oxygen atoms in total. The monoisotopic (exact) mass is 258 g/mol. The van der Waals surface area contributed by atoms with E-state index in [2.05, 4.69) is 5.32 Å². The Balaban J connectivity index is 1.56. The van der Waals surface area contributed by atoms with E-state index in [1.165, 1.54) is 0 Å². The summed E-state index contributed by atoms with van der Waals surface area (Å²) >= 11 is 0. The molecule has 1 aromatic carbocycles. The summed E-state index contributed by atoms with van der Waals surface area (Å²) in [5, 5.41) is 2.87. The van der Waals surface area contributed by atoms with Crippen molar-refractivity contribution in [1.29, 1.82) is 0 Å². The maximum absolute atomic E-state index is 11.7. The number of nitrogens with zero attached hydrogens (tertiary/aromatic N) is 1. The minimum atomic E-state index is -0.0196. The van der Waals surface area contributed by atoms with Crippen LogP contribution in [0.1, 0.15) is 5.56 Å². The van der Waals surface area contributed by atoms with Crippen LogP contribution in [0.3, 0.4) is 0 Å². The average Bonchev–Trinajstić information content (AvgIpc) is 3.06. The number of hydrogen-bond acceptors (Lipinski definition) is 3. The SMILES string of the molecule is O=C(Cn1cccc1)NCc1ccc2c(c1)OCO2. The predicted octanol–water partition coefficient (Wildman–Crippen LogP) is 1.53. The van der Waals surface area contributed by atoms with Crippen molar-refractivity contribution in [1.82, 2.24) is 9.88 Å². The predicted molar refractivity (Wildman–Crippen MR) is 68.8 cm³/mol.